The first-order chi connectivity index (χ1) is 9.63. The van der Waals surface area contributed by atoms with Crippen LogP contribution in [0.1, 0.15) is 37.8 Å². The minimum atomic E-state index is 0.714. The molecule has 2 aliphatic rings. The standard InChI is InChI=1S/C18H28N2/c1-14(2)18-13-19-10-4-5-17(19)12-20(18)11-16-8-6-15(3)7-9-16/h6-9,14,17-18H,4-5,10-13H2,1-3H3. The summed E-state index contributed by atoms with van der Waals surface area (Å²) in [4.78, 5) is 5.47. The van der Waals surface area contributed by atoms with Crippen LogP contribution in [0, 0.1) is 12.8 Å². The first-order valence-corrected chi connectivity index (χ1v) is 8.17. The third kappa shape index (κ3) is 2.91. The molecule has 1 aromatic carbocycles. The van der Waals surface area contributed by atoms with Crippen LogP contribution in [-0.4, -0.2) is 41.5 Å². The van der Waals surface area contributed by atoms with Crippen molar-refractivity contribution in [3.63, 3.8) is 0 Å². The average Bonchev–Trinajstić information content (AvgIpc) is 2.87. The van der Waals surface area contributed by atoms with Crippen molar-refractivity contribution in [2.75, 3.05) is 19.6 Å². The molecule has 2 heteroatoms. The van der Waals surface area contributed by atoms with E-state index < -0.39 is 0 Å². The van der Waals surface area contributed by atoms with E-state index in [-0.39, 0.29) is 0 Å². The van der Waals surface area contributed by atoms with Crippen LogP contribution in [0.2, 0.25) is 0 Å². The molecule has 3 rings (SSSR count). The molecule has 2 nitrogen and oxygen atoms in total. The molecule has 2 aliphatic heterocycles. The Morgan fingerprint density at radius 2 is 1.90 bits per heavy atom. The van der Waals surface area contributed by atoms with Gasteiger partial charge in [-0.1, -0.05) is 43.7 Å². The van der Waals surface area contributed by atoms with E-state index in [0.29, 0.717) is 6.04 Å². The summed E-state index contributed by atoms with van der Waals surface area (Å²) < 4.78 is 0. The van der Waals surface area contributed by atoms with Crippen molar-refractivity contribution in [1.29, 1.82) is 0 Å². The molecule has 0 bridgehead atoms. The van der Waals surface area contributed by atoms with Crippen LogP contribution in [0.5, 0.6) is 0 Å². The zero-order valence-corrected chi connectivity index (χ0v) is 13.2. The van der Waals surface area contributed by atoms with E-state index in [1.165, 1.54) is 43.6 Å². The van der Waals surface area contributed by atoms with Crippen molar-refractivity contribution in [1.82, 2.24) is 9.80 Å². The number of piperazine rings is 1. The summed E-state index contributed by atoms with van der Waals surface area (Å²) in [6, 6.07) is 10.6. The molecule has 0 amide bonds. The predicted octanol–water partition coefficient (Wildman–Crippen LogP) is 3.30. The fourth-order valence-electron chi connectivity index (χ4n) is 3.85. The number of aryl methyl sites for hydroxylation is 1. The van der Waals surface area contributed by atoms with Crippen molar-refractivity contribution in [2.45, 2.75) is 52.2 Å². The molecule has 2 atom stereocenters. The van der Waals surface area contributed by atoms with Gasteiger partial charge in [-0.05, 0) is 37.8 Å². The zero-order chi connectivity index (χ0) is 14.1. The Balaban J connectivity index is 1.73. The topological polar surface area (TPSA) is 6.48 Å². The Hall–Kier alpha value is -0.860. The van der Waals surface area contributed by atoms with E-state index in [2.05, 4.69) is 54.8 Å². The summed E-state index contributed by atoms with van der Waals surface area (Å²) in [5.41, 5.74) is 2.82. The van der Waals surface area contributed by atoms with E-state index in [9.17, 15) is 0 Å². The van der Waals surface area contributed by atoms with Crippen LogP contribution in [0.4, 0.5) is 0 Å². The first kappa shape index (κ1) is 14.1. The van der Waals surface area contributed by atoms with Crippen molar-refractivity contribution in [3.05, 3.63) is 35.4 Å². The second-order valence-electron chi connectivity index (χ2n) is 7.02. The van der Waals surface area contributed by atoms with Crippen molar-refractivity contribution in [2.24, 2.45) is 5.92 Å². The lowest BCUT2D eigenvalue weighted by Crippen LogP contribution is -2.57. The van der Waals surface area contributed by atoms with Crippen LogP contribution >= 0.6 is 0 Å². The minimum absolute atomic E-state index is 0.714. The van der Waals surface area contributed by atoms with Gasteiger partial charge in [-0.2, -0.15) is 0 Å². The molecule has 2 saturated heterocycles. The molecule has 2 fully saturated rings. The lowest BCUT2D eigenvalue weighted by Gasteiger charge is -2.45. The molecule has 110 valence electrons. The minimum Gasteiger partial charge on any atom is -0.298 e. The lowest BCUT2D eigenvalue weighted by atomic mass is 9.96. The Bertz CT molecular complexity index is 437. The number of hydrogen-bond donors (Lipinski definition) is 0. The third-order valence-electron chi connectivity index (χ3n) is 5.11. The highest BCUT2D eigenvalue weighted by molar-refractivity contribution is 5.21. The summed E-state index contributed by atoms with van der Waals surface area (Å²) in [5.74, 6) is 0.738. The van der Waals surface area contributed by atoms with Gasteiger partial charge < -0.3 is 0 Å². The first-order valence-electron chi connectivity index (χ1n) is 8.17. The van der Waals surface area contributed by atoms with Crippen LogP contribution in [0.25, 0.3) is 0 Å². The number of rotatable bonds is 3. The number of nitrogens with zero attached hydrogens (tertiary/aromatic N) is 2. The quantitative estimate of drug-likeness (QED) is 0.833. The van der Waals surface area contributed by atoms with E-state index in [4.69, 9.17) is 0 Å². The second kappa shape index (κ2) is 5.87. The average molecular weight is 272 g/mol. The van der Waals surface area contributed by atoms with Crippen molar-refractivity contribution in [3.8, 4) is 0 Å². The van der Waals surface area contributed by atoms with Crippen LogP contribution < -0.4 is 0 Å². The Morgan fingerprint density at radius 1 is 1.15 bits per heavy atom. The lowest BCUT2D eigenvalue weighted by molar-refractivity contribution is 0.0239. The molecule has 1 aromatic rings. The van der Waals surface area contributed by atoms with Gasteiger partial charge in [-0.15, -0.1) is 0 Å². The number of hydrogen-bond acceptors (Lipinski definition) is 2. The molecule has 0 aliphatic carbocycles. The fraction of sp³-hybridized carbons (Fsp3) is 0.667. The largest absolute Gasteiger partial charge is 0.298 e. The maximum atomic E-state index is 2.74. The van der Waals surface area contributed by atoms with E-state index in [1.54, 1.807) is 0 Å². The normalized spacial score (nSPS) is 28.0. The highest BCUT2D eigenvalue weighted by atomic mass is 15.3. The summed E-state index contributed by atoms with van der Waals surface area (Å²) >= 11 is 0. The van der Waals surface area contributed by atoms with Gasteiger partial charge in [0.25, 0.3) is 0 Å². The third-order valence-corrected chi connectivity index (χ3v) is 5.11. The maximum absolute atomic E-state index is 2.74. The van der Waals surface area contributed by atoms with Gasteiger partial charge in [0.2, 0.25) is 0 Å². The maximum Gasteiger partial charge on any atom is 0.0250 e. The molecule has 2 heterocycles. The predicted molar refractivity (Wildman–Crippen MR) is 84.8 cm³/mol. The summed E-state index contributed by atoms with van der Waals surface area (Å²) in [5, 5.41) is 0. The van der Waals surface area contributed by atoms with Gasteiger partial charge >= 0.3 is 0 Å². The molecule has 0 N–H and O–H groups in total. The summed E-state index contributed by atoms with van der Waals surface area (Å²) in [6.07, 6.45) is 2.79. The molecular weight excluding hydrogens is 244 g/mol. The molecule has 0 aromatic heterocycles. The Morgan fingerprint density at radius 3 is 2.60 bits per heavy atom. The Labute approximate surface area is 123 Å². The van der Waals surface area contributed by atoms with Gasteiger partial charge in [0.15, 0.2) is 0 Å². The van der Waals surface area contributed by atoms with Gasteiger partial charge in [0.1, 0.15) is 0 Å². The van der Waals surface area contributed by atoms with Gasteiger partial charge in [-0.25, -0.2) is 0 Å². The highest BCUT2D eigenvalue weighted by Gasteiger charge is 2.37. The molecule has 2 unspecified atom stereocenters. The molecule has 20 heavy (non-hydrogen) atoms. The monoisotopic (exact) mass is 272 g/mol. The highest BCUT2D eigenvalue weighted by Crippen LogP contribution is 2.28. The Kier molecular flexibility index (Phi) is 4.13. The van der Waals surface area contributed by atoms with Gasteiger partial charge in [0, 0.05) is 31.7 Å². The van der Waals surface area contributed by atoms with Gasteiger partial charge in [0.05, 0.1) is 0 Å². The molecule has 0 radical (unpaired) electrons. The SMILES string of the molecule is Cc1ccc(CN2CC3CCCN3CC2C(C)C)cc1. The second-order valence-corrected chi connectivity index (χ2v) is 7.02. The zero-order valence-electron chi connectivity index (χ0n) is 13.2. The summed E-state index contributed by atoms with van der Waals surface area (Å²) in [7, 11) is 0. The van der Waals surface area contributed by atoms with E-state index >= 15 is 0 Å². The van der Waals surface area contributed by atoms with E-state index in [1.807, 2.05) is 0 Å². The van der Waals surface area contributed by atoms with Crippen LogP contribution in [-0.2, 0) is 6.54 Å². The molecular formula is C18H28N2. The van der Waals surface area contributed by atoms with Crippen molar-refractivity contribution >= 4 is 0 Å². The molecule has 0 saturated carbocycles. The molecule has 0 spiro atoms. The van der Waals surface area contributed by atoms with Crippen molar-refractivity contribution < 1.29 is 0 Å². The fourth-order valence-corrected chi connectivity index (χ4v) is 3.85. The number of benzene rings is 1. The van der Waals surface area contributed by atoms with Crippen LogP contribution in [0.3, 0.4) is 0 Å². The van der Waals surface area contributed by atoms with Crippen LogP contribution in [0.15, 0.2) is 24.3 Å². The van der Waals surface area contributed by atoms with Gasteiger partial charge in [-0.3, -0.25) is 9.80 Å². The smallest absolute Gasteiger partial charge is 0.0250 e. The summed E-state index contributed by atoms with van der Waals surface area (Å²) in [6.45, 7) is 11.9. The van der Waals surface area contributed by atoms with E-state index in [0.717, 1.165) is 18.5 Å². The number of fused-ring (bicyclic) bond motifs is 1.